The van der Waals surface area contributed by atoms with Gasteiger partial charge in [-0.25, -0.2) is 4.39 Å². The molecule has 0 heterocycles. The first-order chi connectivity index (χ1) is 9.61. The van der Waals surface area contributed by atoms with Gasteiger partial charge in [-0.05, 0) is 31.5 Å². The van der Waals surface area contributed by atoms with Crippen LogP contribution in [0.4, 0.5) is 4.39 Å². The molecule has 0 amide bonds. The van der Waals surface area contributed by atoms with Gasteiger partial charge in [0.2, 0.25) is 0 Å². The normalized spacial score (nSPS) is 14.0. The lowest BCUT2D eigenvalue weighted by atomic mass is 10.0. The second-order valence-electron chi connectivity index (χ2n) is 4.95. The van der Waals surface area contributed by atoms with E-state index in [0.29, 0.717) is 5.56 Å². The number of aryl methyl sites for hydroxylation is 1. The molecule has 0 spiro atoms. The van der Waals surface area contributed by atoms with Crippen LogP contribution in [0.3, 0.4) is 0 Å². The van der Waals surface area contributed by atoms with Gasteiger partial charge in [0.15, 0.2) is 0 Å². The maximum Gasteiger partial charge on any atom is 0.127 e. The number of hydrogen-bond donors (Lipinski definition) is 1. The van der Waals surface area contributed by atoms with Crippen LogP contribution >= 0.6 is 11.8 Å². The number of benzene rings is 2. The average molecular weight is 289 g/mol. The van der Waals surface area contributed by atoms with E-state index in [9.17, 15) is 4.39 Å². The van der Waals surface area contributed by atoms with Crippen LogP contribution in [-0.4, -0.2) is 6.04 Å². The van der Waals surface area contributed by atoms with Gasteiger partial charge in [0.25, 0.3) is 0 Å². The maximum atomic E-state index is 14.0. The Hall–Kier alpha value is -1.32. The minimum atomic E-state index is -0.180. The second-order valence-corrected chi connectivity index (χ2v) is 6.16. The predicted octanol–water partition coefficient (Wildman–Crippen LogP) is 4.70. The first-order valence-corrected chi connectivity index (χ1v) is 7.73. The van der Waals surface area contributed by atoms with Crippen LogP contribution in [0.1, 0.15) is 29.7 Å². The third-order valence-corrected chi connectivity index (χ3v) is 4.76. The molecule has 0 saturated heterocycles. The second kappa shape index (κ2) is 6.91. The molecule has 0 aliphatic rings. The van der Waals surface area contributed by atoms with Gasteiger partial charge in [-0.1, -0.05) is 42.8 Å². The molecule has 0 saturated carbocycles. The van der Waals surface area contributed by atoms with Crippen LogP contribution in [0.15, 0.2) is 53.4 Å². The Morgan fingerprint density at radius 3 is 2.35 bits per heavy atom. The largest absolute Gasteiger partial charge is 0.326 e. The highest BCUT2D eigenvalue weighted by molar-refractivity contribution is 7.99. The third kappa shape index (κ3) is 3.62. The molecule has 106 valence electrons. The molecule has 1 nitrogen and oxygen atoms in total. The molecule has 0 fully saturated rings. The van der Waals surface area contributed by atoms with Crippen molar-refractivity contribution in [2.75, 3.05) is 0 Å². The number of hydrogen-bond acceptors (Lipinski definition) is 2. The Labute approximate surface area is 124 Å². The van der Waals surface area contributed by atoms with Crippen LogP contribution in [0.5, 0.6) is 0 Å². The summed E-state index contributed by atoms with van der Waals surface area (Å²) >= 11 is 1.63. The molecule has 0 radical (unpaired) electrons. The zero-order chi connectivity index (χ0) is 14.5. The van der Waals surface area contributed by atoms with Crippen LogP contribution in [0.25, 0.3) is 0 Å². The van der Waals surface area contributed by atoms with Crippen molar-refractivity contribution in [3.63, 3.8) is 0 Å². The van der Waals surface area contributed by atoms with Crippen molar-refractivity contribution in [1.29, 1.82) is 0 Å². The van der Waals surface area contributed by atoms with Crippen LogP contribution in [0.2, 0.25) is 0 Å². The standard InChI is InChI=1S/C17H20FNS/c1-3-16(19)17(14-6-4-5-7-15(14)18)20-13-10-8-12(2)9-11-13/h4-11,16-17H,3,19H2,1-2H3. The molecular formula is C17H20FNS. The predicted molar refractivity (Wildman–Crippen MR) is 84.4 cm³/mol. The van der Waals surface area contributed by atoms with Crippen molar-refractivity contribution >= 4 is 11.8 Å². The lowest BCUT2D eigenvalue weighted by Gasteiger charge is -2.23. The molecule has 2 unspecified atom stereocenters. The van der Waals surface area contributed by atoms with Crippen molar-refractivity contribution in [3.05, 3.63) is 65.5 Å². The molecule has 0 aliphatic carbocycles. The molecule has 0 aliphatic heterocycles. The van der Waals surface area contributed by atoms with E-state index in [1.165, 1.54) is 11.6 Å². The van der Waals surface area contributed by atoms with Gasteiger partial charge in [-0.2, -0.15) is 0 Å². The lowest BCUT2D eigenvalue weighted by molar-refractivity contribution is 0.572. The van der Waals surface area contributed by atoms with Crippen LogP contribution in [-0.2, 0) is 0 Å². The maximum absolute atomic E-state index is 14.0. The molecule has 0 bridgehead atoms. The topological polar surface area (TPSA) is 26.0 Å². The lowest BCUT2D eigenvalue weighted by Crippen LogP contribution is -2.26. The van der Waals surface area contributed by atoms with E-state index in [-0.39, 0.29) is 17.1 Å². The van der Waals surface area contributed by atoms with Crippen molar-refractivity contribution in [3.8, 4) is 0 Å². The fourth-order valence-electron chi connectivity index (χ4n) is 2.06. The average Bonchev–Trinajstić information content (AvgIpc) is 2.47. The Kier molecular flexibility index (Phi) is 5.21. The number of rotatable bonds is 5. The van der Waals surface area contributed by atoms with Gasteiger partial charge in [0.1, 0.15) is 5.82 Å². The fraction of sp³-hybridized carbons (Fsp3) is 0.294. The molecular weight excluding hydrogens is 269 g/mol. The SMILES string of the molecule is CCC(N)C(Sc1ccc(C)cc1)c1ccccc1F. The van der Waals surface area contributed by atoms with Crippen molar-refractivity contribution < 1.29 is 4.39 Å². The monoisotopic (exact) mass is 289 g/mol. The van der Waals surface area contributed by atoms with E-state index < -0.39 is 0 Å². The Bertz CT molecular complexity index is 553. The zero-order valence-electron chi connectivity index (χ0n) is 11.8. The quantitative estimate of drug-likeness (QED) is 0.807. The van der Waals surface area contributed by atoms with Crippen LogP contribution < -0.4 is 5.73 Å². The first kappa shape index (κ1) is 15.1. The molecule has 2 atom stereocenters. The molecule has 2 rings (SSSR count). The smallest absolute Gasteiger partial charge is 0.127 e. The third-order valence-electron chi connectivity index (χ3n) is 3.36. The van der Waals surface area contributed by atoms with E-state index in [1.807, 2.05) is 19.1 Å². The molecule has 20 heavy (non-hydrogen) atoms. The van der Waals surface area contributed by atoms with Gasteiger partial charge in [-0.3, -0.25) is 0 Å². The fourth-order valence-corrected chi connectivity index (χ4v) is 3.34. The summed E-state index contributed by atoms with van der Waals surface area (Å²) < 4.78 is 14.0. The van der Waals surface area contributed by atoms with Crippen molar-refractivity contribution in [2.45, 2.75) is 36.5 Å². The highest BCUT2D eigenvalue weighted by Crippen LogP contribution is 2.39. The summed E-state index contributed by atoms with van der Waals surface area (Å²) in [7, 11) is 0. The zero-order valence-corrected chi connectivity index (χ0v) is 12.7. The van der Waals surface area contributed by atoms with E-state index in [1.54, 1.807) is 17.8 Å². The Morgan fingerprint density at radius 2 is 1.75 bits per heavy atom. The van der Waals surface area contributed by atoms with Gasteiger partial charge in [-0.15, -0.1) is 11.8 Å². The summed E-state index contributed by atoms with van der Waals surface area (Å²) in [4.78, 5) is 1.12. The molecule has 2 aromatic carbocycles. The summed E-state index contributed by atoms with van der Waals surface area (Å²) in [6.07, 6.45) is 0.817. The minimum absolute atomic E-state index is 0.0658. The number of halogens is 1. The first-order valence-electron chi connectivity index (χ1n) is 6.85. The molecule has 0 aromatic heterocycles. The number of nitrogens with two attached hydrogens (primary N) is 1. The summed E-state index contributed by atoms with van der Waals surface area (Å²) in [6.45, 7) is 4.09. The highest BCUT2D eigenvalue weighted by atomic mass is 32.2. The summed E-state index contributed by atoms with van der Waals surface area (Å²) in [5.41, 5.74) is 8.11. The Morgan fingerprint density at radius 1 is 1.10 bits per heavy atom. The molecule has 3 heteroatoms. The van der Waals surface area contributed by atoms with E-state index >= 15 is 0 Å². The summed E-state index contributed by atoms with van der Waals surface area (Å²) in [5.74, 6) is -0.180. The van der Waals surface area contributed by atoms with E-state index in [0.717, 1.165) is 11.3 Å². The van der Waals surface area contributed by atoms with E-state index in [2.05, 4.69) is 31.2 Å². The highest BCUT2D eigenvalue weighted by Gasteiger charge is 2.22. The van der Waals surface area contributed by atoms with Crippen molar-refractivity contribution in [1.82, 2.24) is 0 Å². The summed E-state index contributed by atoms with van der Waals surface area (Å²) in [6, 6.07) is 15.1. The summed E-state index contributed by atoms with van der Waals surface area (Å²) in [5, 5.41) is -0.0658. The van der Waals surface area contributed by atoms with Gasteiger partial charge >= 0.3 is 0 Å². The Balaban J connectivity index is 2.29. The van der Waals surface area contributed by atoms with E-state index in [4.69, 9.17) is 5.73 Å². The van der Waals surface area contributed by atoms with Gasteiger partial charge < -0.3 is 5.73 Å². The minimum Gasteiger partial charge on any atom is -0.326 e. The molecule has 2 aromatic rings. The van der Waals surface area contributed by atoms with Gasteiger partial charge in [0, 0.05) is 16.5 Å². The molecule has 2 N–H and O–H groups in total. The van der Waals surface area contributed by atoms with Gasteiger partial charge in [0.05, 0.1) is 5.25 Å². The van der Waals surface area contributed by atoms with Crippen LogP contribution in [0, 0.1) is 12.7 Å². The number of thioether (sulfide) groups is 1. The van der Waals surface area contributed by atoms with Crippen molar-refractivity contribution in [2.24, 2.45) is 5.73 Å².